The van der Waals surface area contributed by atoms with Gasteiger partial charge in [-0.15, -0.1) is 6.58 Å². The molecule has 0 aromatic rings. The highest BCUT2D eigenvalue weighted by Crippen LogP contribution is 2.53. The maximum atomic E-state index is 5.24. The maximum absolute atomic E-state index is 5.24. The second kappa shape index (κ2) is 3.34. The van der Waals surface area contributed by atoms with Crippen molar-refractivity contribution in [3.05, 3.63) is 24.5 Å². The minimum absolute atomic E-state index is 0.397. The fourth-order valence-corrected chi connectivity index (χ4v) is 1.51. The van der Waals surface area contributed by atoms with Crippen LogP contribution in [0.1, 0.15) is 26.7 Å². The zero-order valence-corrected chi connectivity index (χ0v) is 8.26. The molecule has 0 aliphatic heterocycles. The van der Waals surface area contributed by atoms with E-state index in [1.807, 2.05) is 6.08 Å². The Morgan fingerprint density at radius 1 is 1.75 bits per heavy atom. The molecule has 0 aromatic heterocycles. The molecule has 1 aliphatic carbocycles. The van der Waals surface area contributed by atoms with Crippen molar-refractivity contribution in [2.24, 2.45) is 11.3 Å². The minimum atomic E-state index is 0.397. The second-order valence-corrected chi connectivity index (χ2v) is 3.92. The van der Waals surface area contributed by atoms with E-state index >= 15 is 0 Å². The van der Waals surface area contributed by atoms with Crippen molar-refractivity contribution in [2.45, 2.75) is 26.7 Å². The summed E-state index contributed by atoms with van der Waals surface area (Å²) in [5.41, 5.74) is 0.397. The smallest absolute Gasteiger partial charge is 0.0958 e. The third kappa shape index (κ3) is 1.90. The van der Waals surface area contributed by atoms with Crippen LogP contribution in [0.2, 0.25) is 0 Å². The number of methoxy groups -OCH3 is 1. The van der Waals surface area contributed by atoms with Gasteiger partial charge in [0.2, 0.25) is 0 Å². The molecule has 2 unspecified atom stereocenters. The Labute approximate surface area is 75.1 Å². The quantitative estimate of drug-likeness (QED) is 0.460. The van der Waals surface area contributed by atoms with Crippen molar-refractivity contribution in [1.29, 1.82) is 0 Å². The zero-order valence-electron chi connectivity index (χ0n) is 8.26. The molecule has 0 spiro atoms. The molecule has 0 saturated heterocycles. The van der Waals surface area contributed by atoms with E-state index < -0.39 is 0 Å². The van der Waals surface area contributed by atoms with Gasteiger partial charge in [-0.2, -0.15) is 0 Å². The van der Waals surface area contributed by atoms with E-state index in [-0.39, 0.29) is 0 Å². The topological polar surface area (TPSA) is 9.23 Å². The number of ether oxygens (including phenoxy) is 1. The van der Waals surface area contributed by atoms with Gasteiger partial charge in [0.1, 0.15) is 0 Å². The van der Waals surface area contributed by atoms with E-state index in [1.54, 1.807) is 7.11 Å². The Kier molecular flexibility index (Phi) is 2.61. The van der Waals surface area contributed by atoms with Crippen LogP contribution in [0.15, 0.2) is 24.5 Å². The third-order valence-electron chi connectivity index (χ3n) is 2.81. The standard InChI is InChI=1S/C11H18O/c1-5-6-10(12-4)8-11(3)7-9(11)2/h5,8-9H,1,6-7H2,2-4H3. The lowest BCUT2D eigenvalue weighted by molar-refractivity contribution is 0.279. The van der Waals surface area contributed by atoms with Crippen molar-refractivity contribution in [1.82, 2.24) is 0 Å². The van der Waals surface area contributed by atoms with Crippen LogP contribution in [0.3, 0.4) is 0 Å². The molecule has 0 bridgehead atoms. The largest absolute Gasteiger partial charge is 0.501 e. The first-order chi connectivity index (χ1) is 5.62. The van der Waals surface area contributed by atoms with Crippen molar-refractivity contribution in [2.75, 3.05) is 7.11 Å². The zero-order chi connectivity index (χ0) is 9.19. The lowest BCUT2D eigenvalue weighted by Crippen LogP contribution is -1.95. The molecule has 1 heteroatoms. The van der Waals surface area contributed by atoms with Crippen LogP contribution >= 0.6 is 0 Å². The van der Waals surface area contributed by atoms with Crippen molar-refractivity contribution < 1.29 is 4.74 Å². The first kappa shape index (κ1) is 9.37. The van der Waals surface area contributed by atoms with Gasteiger partial charge in [0, 0.05) is 6.42 Å². The van der Waals surface area contributed by atoms with Gasteiger partial charge in [-0.25, -0.2) is 0 Å². The monoisotopic (exact) mass is 166 g/mol. The SMILES string of the molecule is C=CCC(=CC1(C)CC1C)OC. The summed E-state index contributed by atoms with van der Waals surface area (Å²) in [6.07, 6.45) is 6.26. The minimum Gasteiger partial charge on any atom is -0.501 e. The van der Waals surface area contributed by atoms with Crippen LogP contribution in [0.4, 0.5) is 0 Å². The average molecular weight is 166 g/mol. The molecule has 0 amide bonds. The van der Waals surface area contributed by atoms with Crippen LogP contribution in [0.25, 0.3) is 0 Å². The van der Waals surface area contributed by atoms with Gasteiger partial charge in [0.05, 0.1) is 12.9 Å². The molecule has 1 fully saturated rings. The molecule has 1 nitrogen and oxygen atoms in total. The Bertz CT molecular complexity index is 205. The molecule has 68 valence electrons. The van der Waals surface area contributed by atoms with Gasteiger partial charge < -0.3 is 4.74 Å². The van der Waals surface area contributed by atoms with Gasteiger partial charge in [-0.1, -0.05) is 19.9 Å². The highest BCUT2D eigenvalue weighted by molar-refractivity contribution is 5.15. The Balaban J connectivity index is 2.58. The predicted molar refractivity (Wildman–Crippen MR) is 51.8 cm³/mol. The Hall–Kier alpha value is -0.720. The fourth-order valence-electron chi connectivity index (χ4n) is 1.51. The summed E-state index contributed by atoms with van der Waals surface area (Å²) in [6.45, 7) is 8.25. The van der Waals surface area contributed by atoms with Crippen molar-refractivity contribution in [3.8, 4) is 0 Å². The van der Waals surface area contributed by atoms with Gasteiger partial charge in [-0.05, 0) is 23.8 Å². The van der Waals surface area contributed by atoms with Crippen LogP contribution in [0.5, 0.6) is 0 Å². The number of hydrogen-bond donors (Lipinski definition) is 0. The summed E-state index contributed by atoms with van der Waals surface area (Å²) in [5.74, 6) is 1.87. The number of hydrogen-bond acceptors (Lipinski definition) is 1. The summed E-state index contributed by atoms with van der Waals surface area (Å²) >= 11 is 0. The molecular weight excluding hydrogens is 148 g/mol. The van der Waals surface area contributed by atoms with E-state index in [2.05, 4.69) is 26.5 Å². The van der Waals surface area contributed by atoms with E-state index in [9.17, 15) is 0 Å². The van der Waals surface area contributed by atoms with E-state index in [0.29, 0.717) is 5.41 Å². The molecule has 0 aromatic carbocycles. The molecule has 1 rings (SSSR count). The van der Waals surface area contributed by atoms with Gasteiger partial charge in [-0.3, -0.25) is 0 Å². The first-order valence-corrected chi connectivity index (χ1v) is 4.49. The fraction of sp³-hybridized carbons (Fsp3) is 0.636. The van der Waals surface area contributed by atoms with E-state index in [1.165, 1.54) is 6.42 Å². The van der Waals surface area contributed by atoms with Crippen molar-refractivity contribution >= 4 is 0 Å². The van der Waals surface area contributed by atoms with Crippen LogP contribution in [-0.4, -0.2) is 7.11 Å². The van der Waals surface area contributed by atoms with Gasteiger partial charge in [0.25, 0.3) is 0 Å². The van der Waals surface area contributed by atoms with Crippen molar-refractivity contribution in [3.63, 3.8) is 0 Å². The lowest BCUT2D eigenvalue weighted by atomic mass is 10.1. The summed E-state index contributed by atoms with van der Waals surface area (Å²) in [6, 6.07) is 0. The molecule has 1 aliphatic rings. The van der Waals surface area contributed by atoms with E-state index in [0.717, 1.165) is 18.1 Å². The van der Waals surface area contributed by atoms with Crippen LogP contribution < -0.4 is 0 Å². The second-order valence-electron chi connectivity index (χ2n) is 3.92. The summed E-state index contributed by atoms with van der Waals surface area (Å²) < 4.78 is 5.24. The summed E-state index contributed by atoms with van der Waals surface area (Å²) in [7, 11) is 1.73. The van der Waals surface area contributed by atoms with Gasteiger partial charge >= 0.3 is 0 Å². The summed E-state index contributed by atoms with van der Waals surface area (Å²) in [4.78, 5) is 0. The normalized spacial score (nSPS) is 34.6. The molecule has 0 heterocycles. The predicted octanol–water partition coefficient (Wildman–Crippen LogP) is 3.14. The van der Waals surface area contributed by atoms with Gasteiger partial charge in [0.15, 0.2) is 0 Å². The molecule has 1 saturated carbocycles. The third-order valence-corrected chi connectivity index (χ3v) is 2.81. The lowest BCUT2D eigenvalue weighted by Gasteiger charge is -2.07. The molecule has 12 heavy (non-hydrogen) atoms. The number of allylic oxidation sites excluding steroid dienone is 2. The van der Waals surface area contributed by atoms with E-state index in [4.69, 9.17) is 4.74 Å². The Morgan fingerprint density at radius 2 is 2.33 bits per heavy atom. The maximum Gasteiger partial charge on any atom is 0.0958 e. The van der Waals surface area contributed by atoms with Crippen LogP contribution in [-0.2, 0) is 4.74 Å². The highest BCUT2D eigenvalue weighted by atomic mass is 16.5. The number of rotatable bonds is 4. The van der Waals surface area contributed by atoms with Crippen LogP contribution in [0, 0.1) is 11.3 Å². The summed E-state index contributed by atoms with van der Waals surface area (Å²) in [5, 5.41) is 0. The molecule has 0 N–H and O–H groups in total. The highest BCUT2D eigenvalue weighted by Gasteiger charge is 2.44. The molecular formula is C11H18O. The first-order valence-electron chi connectivity index (χ1n) is 4.49. The molecule has 0 radical (unpaired) electrons. The molecule has 2 atom stereocenters. The average Bonchev–Trinajstić information content (AvgIpc) is 2.59. The Morgan fingerprint density at radius 3 is 2.67 bits per heavy atom.